The van der Waals surface area contributed by atoms with Crippen LogP contribution in [0, 0.1) is 0 Å². The van der Waals surface area contributed by atoms with Crippen molar-refractivity contribution in [3.8, 4) is 0 Å². The van der Waals surface area contributed by atoms with Crippen LogP contribution < -0.4 is 0 Å². The molecule has 0 aromatic rings. The fourth-order valence-electron chi connectivity index (χ4n) is 1.09. The molecule has 0 radical (unpaired) electrons. The highest BCUT2D eigenvalue weighted by Crippen LogP contribution is 2.28. The Kier molecular flexibility index (Phi) is 0.412. The van der Waals surface area contributed by atoms with Crippen molar-refractivity contribution in [1.82, 2.24) is 4.90 Å². The molecule has 1 atom stereocenters. The van der Waals surface area contributed by atoms with Crippen LogP contribution in [0.5, 0.6) is 0 Å². The molecule has 7 heavy (non-hydrogen) atoms. The van der Waals surface area contributed by atoms with Crippen molar-refractivity contribution in [3.05, 3.63) is 0 Å². The van der Waals surface area contributed by atoms with Gasteiger partial charge in [-0.3, -0.25) is 4.99 Å². The normalized spacial score (nSPS) is 33.6. The average Bonchev–Trinajstić information content (AvgIpc) is 2.07. The molecule has 0 bridgehead atoms. The van der Waals surface area contributed by atoms with E-state index >= 15 is 0 Å². The lowest BCUT2D eigenvalue weighted by Gasteiger charge is -1.89. The molecule has 0 N–H and O–H groups in total. The summed E-state index contributed by atoms with van der Waals surface area (Å²) in [6, 6.07) is 0.796. The highest BCUT2D eigenvalue weighted by molar-refractivity contribution is 6.06. The third-order valence-corrected chi connectivity index (χ3v) is 1.67. The third kappa shape index (κ3) is 0.243. The lowest BCUT2D eigenvalue weighted by molar-refractivity contribution is 0.576. The Morgan fingerprint density at radius 3 is 2.86 bits per heavy atom. The lowest BCUT2D eigenvalue weighted by atomic mass is 10.4. The fourth-order valence-corrected chi connectivity index (χ4v) is 1.09. The molecule has 1 unspecified atom stereocenters. The van der Waals surface area contributed by atoms with Crippen LogP contribution in [-0.2, 0) is 0 Å². The van der Waals surface area contributed by atoms with Gasteiger partial charge >= 0.3 is 0 Å². The van der Waals surface area contributed by atoms with E-state index in [0.717, 1.165) is 19.1 Å². The molecular weight excluding hydrogens is 88.1 g/mol. The number of likely N-dealkylation sites (N-methyl/N-ethyl adjacent to an activating group) is 1. The van der Waals surface area contributed by atoms with Crippen molar-refractivity contribution in [1.29, 1.82) is 0 Å². The van der Waals surface area contributed by atoms with E-state index in [4.69, 9.17) is 0 Å². The summed E-state index contributed by atoms with van der Waals surface area (Å²) >= 11 is 0. The largest absolute Gasteiger partial charge is 0.347 e. The summed E-state index contributed by atoms with van der Waals surface area (Å²) in [5.74, 6) is 1.35. The van der Waals surface area contributed by atoms with Gasteiger partial charge in [0.05, 0.1) is 6.54 Å². The summed E-state index contributed by atoms with van der Waals surface area (Å²) in [5, 5.41) is 0. The number of hydrogen-bond donors (Lipinski definition) is 0. The summed E-state index contributed by atoms with van der Waals surface area (Å²) in [5.41, 5.74) is 0. The molecule has 2 aliphatic heterocycles. The summed E-state index contributed by atoms with van der Waals surface area (Å²) < 4.78 is 0. The molecule has 1 saturated heterocycles. The van der Waals surface area contributed by atoms with Crippen LogP contribution in [0.3, 0.4) is 0 Å². The van der Waals surface area contributed by atoms with E-state index in [9.17, 15) is 0 Å². The first kappa shape index (κ1) is 3.47. The summed E-state index contributed by atoms with van der Waals surface area (Å²) in [6.45, 7) is 4.40. The number of rotatable bonds is 1. The van der Waals surface area contributed by atoms with Crippen molar-refractivity contribution < 1.29 is 0 Å². The van der Waals surface area contributed by atoms with Gasteiger partial charge in [0.2, 0.25) is 0 Å². The lowest BCUT2D eigenvalue weighted by Crippen LogP contribution is -2.04. The van der Waals surface area contributed by atoms with Crippen LogP contribution in [0.25, 0.3) is 0 Å². The van der Waals surface area contributed by atoms with Gasteiger partial charge in [0, 0.05) is 6.54 Å². The summed E-state index contributed by atoms with van der Waals surface area (Å²) in [6.07, 6.45) is 0. The van der Waals surface area contributed by atoms with Gasteiger partial charge in [-0.2, -0.15) is 0 Å². The zero-order chi connectivity index (χ0) is 4.85. The van der Waals surface area contributed by atoms with E-state index in [1.54, 1.807) is 0 Å². The Morgan fingerprint density at radius 2 is 2.71 bits per heavy atom. The molecule has 0 saturated carbocycles. The molecule has 0 amide bonds. The molecule has 38 valence electrons. The molecular formula is C5H8N2. The van der Waals surface area contributed by atoms with Crippen LogP contribution in [0.15, 0.2) is 4.99 Å². The molecule has 0 aliphatic carbocycles. The van der Waals surface area contributed by atoms with Crippen LogP contribution in [0.4, 0.5) is 0 Å². The Balaban J connectivity index is 2.11. The molecule has 1 fully saturated rings. The van der Waals surface area contributed by atoms with Crippen LogP contribution >= 0.6 is 0 Å². The predicted octanol–water partition coefficient (Wildman–Crippen LogP) is 0.103. The molecule has 0 aromatic carbocycles. The maximum absolute atomic E-state index is 4.14. The van der Waals surface area contributed by atoms with Gasteiger partial charge in [-0.25, -0.2) is 0 Å². The Labute approximate surface area is 42.8 Å². The number of nitrogens with zero attached hydrogens (tertiary/aromatic N) is 2. The Hall–Kier alpha value is -0.530. The third-order valence-electron chi connectivity index (χ3n) is 1.67. The Bertz CT molecular complexity index is 128. The molecule has 0 spiro atoms. The van der Waals surface area contributed by atoms with Gasteiger partial charge in [-0.05, 0) is 6.92 Å². The monoisotopic (exact) mass is 96.1 g/mol. The zero-order valence-corrected chi connectivity index (χ0v) is 4.39. The van der Waals surface area contributed by atoms with Gasteiger partial charge in [-0.15, -0.1) is 0 Å². The minimum Gasteiger partial charge on any atom is -0.347 e. The number of aliphatic imine (C=N–C) groups is 1. The number of amidine groups is 1. The van der Waals surface area contributed by atoms with Gasteiger partial charge < -0.3 is 4.90 Å². The van der Waals surface area contributed by atoms with Crippen LogP contribution in [-0.4, -0.2) is 29.9 Å². The predicted molar refractivity (Wildman–Crippen MR) is 28.5 cm³/mol. The smallest absolute Gasteiger partial charge is 0.125 e. The second-order valence-electron chi connectivity index (χ2n) is 2.00. The number of fused-ring (bicyclic) bond motifs is 1. The number of hydrogen-bond acceptors (Lipinski definition) is 2. The van der Waals surface area contributed by atoms with Crippen molar-refractivity contribution in [3.63, 3.8) is 0 Å². The summed E-state index contributed by atoms with van der Waals surface area (Å²) in [4.78, 5) is 6.46. The maximum atomic E-state index is 4.14. The SMILES string of the molecule is CCN1C2=NCC21. The summed E-state index contributed by atoms with van der Waals surface area (Å²) in [7, 11) is 0. The van der Waals surface area contributed by atoms with Gasteiger partial charge in [0.15, 0.2) is 0 Å². The maximum Gasteiger partial charge on any atom is 0.125 e. The Morgan fingerprint density at radius 1 is 2.00 bits per heavy atom. The van der Waals surface area contributed by atoms with Gasteiger partial charge in [0.1, 0.15) is 11.9 Å². The van der Waals surface area contributed by atoms with E-state index in [2.05, 4.69) is 16.8 Å². The standard InChI is InChI=1S/C5H8N2/c1-2-7-4-3-6-5(4)7/h4H,2-3H2,1H3. The molecule has 2 heterocycles. The fraction of sp³-hybridized carbons (Fsp3) is 0.800. The first-order chi connectivity index (χ1) is 3.43. The molecule has 2 nitrogen and oxygen atoms in total. The molecule has 2 rings (SSSR count). The minimum absolute atomic E-state index is 0.796. The quantitative estimate of drug-likeness (QED) is 0.423. The molecule has 0 aromatic heterocycles. The van der Waals surface area contributed by atoms with E-state index in [-0.39, 0.29) is 0 Å². The first-order valence-corrected chi connectivity index (χ1v) is 2.74. The van der Waals surface area contributed by atoms with Crippen molar-refractivity contribution in [2.75, 3.05) is 13.1 Å². The van der Waals surface area contributed by atoms with Crippen LogP contribution in [0.1, 0.15) is 6.92 Å². The van der Waals surface area contributed by atoms with E-state index < -0.39 is 0 Å². The zero-order valence-electron chi connectivity index (χ0n) is 4.39. The van der Waals surface area contributed by atoms with E-state index in [1.807, 2.05) is 0 Å². The molecule has 2 aliphatic rings. The highest BCUT2D eigenvalue weighted by atomic mass is 15.4. The van der Waals surface area contributed by atoms with Crippen molar-refractivity contribution >= 4 is 5.84 Å². The van der Waals surface area contributed by atoms with Crippen molar-refractivity contribution in [2.24, 2.45) is 4.99 Å². The molecule has 2 heteroatoms. The van der Waals surface area contributed by atoms with E-state index in [0.29, 0.717) is 0 Å². The highest BCUT2D eigenvalue weighted by Gasteiger charge is 2.47. The second kappa shape index (κ2) is 0.831. The second-order valence-corrected chi connectivity index (χ2v) is 2.00. The van der Waals surface area contributed by atoms with E-state index in [1.165, 1.54) is 5.84 Å². The van der Waals surface area contributed by atoms with Gasteiger partial charge in [-0.1, -0.05) is 0 Å². The van der Waals surface area contributed by atoms with Gasteiger partial charge in [0.25, 0.3) is 0 Å². The average molecular weight is 96.1 g/mol. The first-order valence-electron chi connectivity index (χ1n) is 2.74. The van der Waals surface area contributed by atoms with Crippen molar-refractivity contribution in [2.45, 2.75) is 13.0 Å². The minimum atomic E-state index is 0.796. The van der Waals surface area contributed by atoms with Crippen LogP contribution in [0.2, 0.25) is 0 Å². The topological polar surface area (TPSA) is 15.4 Å².